The number of alkyl carbamates (subject to hydrolysis) is 1. The number of hydrogen-bond donors (Lipinski definition) is 1. The summed E-state index contributed by atoms with van der Waals surface area (Å²) in [6.07, 6.45) is -0.474. The number of hydrogen-bond acceptors (Lipinski definition) is 5. The molecule has 1 heterocycles. The number of benzene rings is 1. The number of rotatable bonds is 4. The van der Waals surface area contributed by atoms with Crippen LogP contribution in [0.3, 0.4) is 0 Å². The first-order valence-electron chi connectivity index (χ1n) is 6.18. The Balaban J connectivity index is 1.70. The summed E-state index contributed by atoms with van der Waals surface area (Å²) in [5.74, 6) is 7.57. The maximum atomic E-state index is 10.9. The second-order valence-corrected chi connectivity index (χ2v) is 3.73. The number of ether oxygens (including phenoxy) is 4. The molecule has 106 valence electrons. The van der Waals surface area contributed by atoms with Crippen LogP contribution in [0.4, 0.5) is 4.79 Å². The van der Waals surface area contributed by atoms with Gasteiger partial charge in [0, 0.05) is 6.07 Å². The molecule has 1 N–H and O–H groups in total. The minimum absolute atomic E-state index is 0.226. The van der Waals surface area contributed by atoms with E-state index in [-0.39, 0.29) is 19.9 Å². The molecular formula is C14H15NO5. The minimum atomic E-state index is -0.474. The van der Waals surface area contributed by atoms with Crippen LogP contribution in [0.5, 0.6) is 17.2 Å². The maximum absolute atomic E-state index is 10.9. The fourth-order valence-electron chi connectivity index (χ4n) is 1.50. The number of fused-ring (bicyclic) bond motifs is 1. The van der Waals surface area contributed by atoms with Crippen molar-refractivity contribution in [1.82, 2.24) is 5.32 Å². The Bertz CT molecular complexity index is 532. The highest BCUT2D eigenvalue weighted by Crippen LogP contribution is 2.34. The molecule has 0 fully saturated rings. The standard InChI is InChI=1S/C14H15NO5/c1-2-17-14(16)15-7-3-4-8-18-11-5-6-12-13(9-11)20-10-19-12/h5-6,9H,2,7-8,10H2,1H3,(H,15,16). The number of amides is 1. The summed E-state index contributed by atoms with van der Waals surface area (Å²) >= 11 is 0. The summed E-state index contributed by atoms with van der Waals surface area (Å²) in [5, 5.41) is 2.49. The lowest BCUT2D eigenvalue weighted by atomic mass is 10.3. The van der Waals surface area contributed by atoms with Gasteiger partial charge in [-0.15, -0.1) is 0 Å². The molecule has 0 radical (unpaired) electrons. The van der Waals surface area contributed by atoms with Crippen LogP contribution in [0.25, 0.3) is 0 Å². The van der Waals surface area contributed by atoms with Crippen molar-refractivity contribution in [1.29, 1.82) is 0 Å². The predicted octanol–water partition coefficient (Wildman–Crippen LogP) is 1.54. The van der Waals surface area contributed by atoms with Gasteiger partial charge < -0.3 is 24.3 Å². The summed E-state index contributed by atoms with van der Waals surface area (Å²) in [7, 11) is 0. The molecule has 1 aromatic carbocycles. The maximum Gasteiger partial charge on any atom is 0.407 e. The highest BCUT2D eigenvalue weighted by molar-refractivity contribution is 5.67. The van der Waals surface area contributed by atoms with Gasteiger partial charge in [-0.3, -0.25) is 0 Å². The Hall–Kier alpha value is -2.55. The summed E-state index contributed by atoms with van der Waals surface area (Å²) in [4.78, 5) is 10.9. The van der Waals surface area contributed by atoms with Gasteiger partial charge in [-0.1, -0.05) is 11.8 Å². The lowest BCUT2D eigenvalue weighted by molar-refractivity contribution is 0.153. The molecule has 0 saturated carbocycles. The van der Waals surface area contributed by atoms with Crippen molar-refractivity contribution in [3.05, 3.63) is 18.2 Å². The third-order valence-corrected chi connectivity index (χ3v) is 2.38. The monoisotopic (exact) mass is 277 g/mol. The van der Waals surface area contributed by atoms with E-state index in [0.717, 1.165) is 0 Å². The van der Waals surface area contributed by atoms with Gasteiger partial charge >= 0.3 is 6.09 Å². The number of carbonyl (C=O) groups excluding carboxylic acids is 1. The van der Waals surface area contributed by atoms with Crippen molar-refractivity contribution in [2.75, 3.05) is 26.6 Å². The van der Waals surface area contributed by atoms with Crippen molar-refractivity contribution < 1.29 is 23.7 Å². The molecule has 2 rings (SSSR count). The van der Waals surface area contributed by atoms with E-state index in [1.807, 2.05) is 0 Å². The molecule has 6 heteroatoms. The van der Waals surface area contributed by atoms with E-state index in [4.69, 9.17) is 14.2 Å². The zero-order valence-corrected chi connectivity index (χ0v) is 11.1. The van der Waals surface area contributed by atoms with Crippen LogP contribution in [0.2, 0.25) is 0 Å². The summed E-state index contributed by atoms with van der Waals surface area (Å²) in [6, 6.07) is 5.32. The summed E-state index contributed by atoms with van der Waals surface area (Å²) in [6.45, 7) is 2.77. The van der Waals surface area contributed by atoms with Crippen LogP contribution < -0.4 is 19.5 Å². The molecule has 0 bridgehead atoms. The van der Waals surface area contributed by atoms with Gasteiger partial charge in [-0.05, 0) is 19.1 Å². The van der Waals surface area contributed by atoms with E-state index in [1.165, 1.54) is 0 Å². The van der Waals surface area contributed by atoms with Crippen LogP contribution in [0, 0.1) is 11.8 Å². The van der Waals surface area contributed by atoms with E-state index in [2.05, 4.69) is 21.9 Å². The molecular weight excluding hydrogens is 262 g/mol. The average molecular weight is 277 g/mol. The van der Waals surface area contributed by atoms with Crippen molar-refractivity contribution in [2.45, 2.75) is 6.92 Å². The zero-order valence-electron chi connectivity index (χ0n) is 11.1. The molecule has 20 heavy (non-hydrogen) atoms. The van der Waals surface area contributed by atoms with Gasteiger partial charge in [0.1, 0.15) is 12.4 Å². The number of nitrogens with one attached hydrogen (secondary N) is 1. The van der Waals surface area contributed by atoms with Gasteiger partial charge in [-0.2, -0.15) is 0 Å². The quantitative estimate of drug-likeness (QED) is 0.846. The Morgan fingerprint density at radius 2 is 2.20 bits per heavy atom. The molecule has 1 aliphatic heterocycles. The number of carbonyl (C=O) groups is 1. The first-order valence-corrected chi connectivity index (χ1v) is 6.18. The van der Waals surface area contributed by atoms with Crippen molar-refractivity contribution >= 4 is 6.09 Å². The fraction of sp³-hybridized carbons (Fsp3) is 0.357. The third-order valence-electron chi connectivity index (χ3n) is 2.38. The highest BCUT2D eigenvalue weighted by Gasteiger charge is 2.13. The predicted molar refractivity (Wildman–Crippen MR) is 70.9 cm³/mol. The molecule has 0 saturated heterocycles. The molecule has 1 amide bonds. The van der Waals surface area contributed by atoms with E-state index in [1.54, 1.807) is 25.1 Å². The van der Waals surface area contributed by atoms with Crippen molar-refractivity contribution in [3.63, 3.8) is 0 Å². The Kier molecular flexibility index (Phi) is 4.95. The first kappa shape index (κ1) is 13.9. The molecule has 0 unspecified atom stereocenters. The largest absolute Gasteiger partial charge is 0.481 e. The molecule has 1 aromatic rings. The average Bonchev–Trinajstić information content (AvgIpc) is 2.90. The Morgan fingerprint density at radius 1 is 1.35 bits per heavy atom. The van der Waals surface area contributed by atoms with Crippen LogP contribution in [-0.2, 0) is 4.74 Å². The van der Waals surface area contributed by atoms with Gasteiger partial charge in [-0.25, -0.2) is 4.79 Å². The van der Waals surface area contributed by atoms with Crippen LogP contribution >= 0.6 is 0 Å². The zero-order chi connectivity index (χ0) is 14.2. The highest BCUT2D eigenvalue weighted by atomic mass is 16.7. The fourth-order valence-corrected chi connectivity index (χ4v) is 1.50. The van der Waals surface area contributed by atoms with Gasteiger partial charge in [0.05, 0.1) is 13.2 Å². The molecule has 0 atom stereocenters. The second kappa shape index (κ2) is 7.14. The van der Waals surface area contributed by atoms with Crippen molar-refractivity contribution in [3.8, 4) is 29.1 Å². The normalized spacial score (nSPS) is 11.2. The molecule has 0 spiro atoms. The Labute approximate surface area is 117 Å². The topological polar surface area (TPSA) is 66.0 Å². The van der Waals surface area contributed by atoms with E-state index in [9.17, 15) is 4.79 Å². The van der Waals surface area contributed by atoms with Crippen LogP contribution in [0.1, 0.15) is 6.92 Å². The third kappa shape index (κ3) is 3.99. The SMILES string of the molecule is CCOC(=O)NCC#CCOc1ccc2c(c1)OCO2. The van der Waals surface area contributed by atoms with Gasteiger partial charge in [0.25, 0.3) is 0 Å². The van der Waals surface area contributed by atoms with Crippen LogP contribution in [0.15, 0.2) is 18.2 Å². The van der Waals surface area contributed by atoms with Crippen molar-refractivity contribution in [2.24, 2.45) is 0 Å². The Morgan fingerprint density at radius 3 is 3.05 bits per heavy atom. The molecule has 6 nitrogen and oxygen atoms in total. The summed E-state index contributed by atoms with van der Waals surface area (Å²) in [5.41, 5.74) is 0. The summed E-state index contributed by atoms with van der Waals surface area (Å²) < 4.78 is 20.5. The van der Waals surface area contributed by atoms with E-state index in [0.29, 0.717) is 23.9 Å². The lowest BCUT2D eigenvalue weighted by Crippen LogP contribution is -2.24. The van der Waals surface area contributed by atoms with E-state index >= 15 is 0 Å². The lowest BCUT2D eigenvalue weighted by Gasteiger charge is -2.03. The smallest absolute Gasteiger partial charge is 0.407 e. The molecule has 0 aliphatic carbocycles. The van der Waals surface area contributed by atoms with E-state index < -0.39 is 6.09 Å². The van der Waals surface area contributed by atoms with Gasteiger partial charge in [0.2, 0.25) is 6.79 Å². The second-order valence-electron chi connectivity index (χ2n) is 3.73. The molecule has 1 aliphatic rings. The van der Waals surface area contributed by atoms with Gasteiger partial charge in [0.15, 0.2) is 11.5 Å². The minimum Gasteiger partial charge on any atom is -0.481 e. The van der Waals surface area contributed by atoms with Crippen LogP contribution in [-0.4, -0.2) is 32.6 Å². The molecule has 0 aromatic heterocycles. The first-order chi connectivity index (χ1) is 9.79.